The van der Waals surface area contributed by atoms with Crippen LogP contribution in [0.25, 0.3) is 0 Å². The first kappa shape index (κ1) is 12.7. The number of nitrogens with zero attached hydrogens (tertiary/aromatic N) is 1. The largest absolute Gasteiger partial charge is 0.417 e. The number of amides is 1. The highest BCUT2D eigenvalue weighted by Crippen LogP contribution is 2.44. The molecular weight excluding hydrogens is 281 g/mol. The van der Waals surface area contributed by atoms with Gasteiger partial charge in [-0.1, -0.05) is 11.6 Å². The topological polar surface area (TPSA) is 32.3 Å². The molecule has 102 valence electrons. The Kier molecular flexibility index (Phi) is 2.76. The maximum Gasteiger partial charge on any atom is 0.417 e. The van der Waals surface area contributed by atoms with Gasteiger partial charge in [0.1, 0.15) is 0 Å². The van der Waals surface area contributed by atoms with Gasteiger partial charge in [-0.15, -0.1) is 0 Å². The number of nitrogens with one attached hydrogen (secondary N) is 1. The molecule has 7 heteroatoms. The quantitative estimate of drug-likeness (QED) is 0.796. The molecular formula is C12H10ClF3N2O. The number of benzene rings is 1. The minimum Gasteiger partial charge on any atom is -0.329 e. The molecule has 1 aromatic rings. The van der Waals surface area contributed by atoms with Crippen LogP contribution in [-0.4, -0.2) is 30.4 Å². The van der Waals surface area contributed by atoms with Gasteiger partial charge in [0.2, 0.25) is 0 Å². The van der Waals surface area contributed by atoms with Crippen LogP contribution >= 0.6 is 11.6 Å². The molecule has 1 fully saturated rings. The van der Waals surface area contributed by atoms with Crippen molar-refractivity contribution in [3.63, 3.8) is 0 Å². The van der Waals surface area contributed by atoms with Crippen molar-refractivity contribution in [1.82, 2.24) is 10.2 Å². The van der Waals surface area contributed by atoms with Crippen LogP contribution < -0.4 is 5.32 Å². The average molecular weight is 291 g/mol. The summed E-state index contributed by atoms with van der Waals surface area (Å²) >= 11 is 6.00. The van der Waals surface area contributed by atoms with Crippen molar-refractivity contribution in [3.05, 3.63) is 33.8 Å². The molecule has 3 nitrogen and oxygen atoms in total. The number of hydrogen-bond donors (Lipinski definition) is 1. The summed E-state index contributed by atoms with van der Waals surface area (Å²) in [6.07, 6.45) is -4.55. The van der Waals surface area contributed by atoms with Gasteiger partial charge in [-0.3, -0.25) is 4.79 Å². The molecule has 0 unspecified atom stereocenters. The van der Waals surface area contributed by atoms with Crippen molar-refractivity contribution < 1.29 is 18.0 Å². The number of fused-ring (bicyclic) bond motifs is 3. The third-order valence-electron chi connectivity index (χ3n) is 3.55. The van der Waals surface area contributed by atoms with Crippen molar-refractivity contribution in [2.24, 2.45) is 0 Å². The molecule has 3 rings (SSSR count). The molecule has 0 spiro atoms. The fourth-order valence-corrected chi connectivity index (χ4v) is 3.02. The van der Waals surface area contributed by atoms with Gasteiger partial charge < -0.3 is 10.2 Å². The van der Waals surface area contributed by atoms with E-state index in [-0.39, 0.29) is 10.6 Å². The fourth-order valence-electron chi connectivity index (χ4n) is 2.74. The number of piperazine rings is 1. The summed E-state index contributed by atoms with van der Waals surface area (Å²) in [4.78, 5) is 13.7. The van der Waals surface area contributed by atoms with E-state index in [2.05, 4.69) is 5.32 Å². The molecule has 0 saturated carbocycles. The first-order valence-electron chi connectivity index (χ1n) is 5.82. The Morgan fingerprint density at radius 3 is 2.79 bits per heavy atom. The van der Waals surface area contributed by atoms with Crippen molar-refractivity contribution in [2.45, 2.75) is 12.2 Å². The molecule has 0 radical (unpaired) electrons. The first-order valence-corrected chi connectivity index (χ1v) is 6.20. The van der Waals surface area contributed by atoms with Gasteiger partial charge in [-0.05, 0) is 12.1 Å². The van der Waals surface area contributed by atoms with Crippen molar-refractivity contribution in [3.8, 4) is 0 Å². The molecule has 0 aromatic heterocycles. The lowest BCUT2D eigenvalue weighted by Crippen LogP contribution is -2.44. The lowest BCUT2D eigenvalue weighted by atomic mass is 9.98. The molecule has 1 N–H and O–H groups in total. The van der Waals surface area contributed by atoms with Crippen LogP contribution in [0.3, 0.4) is 0 Å². The van der Waals surface area contributed by atoms with E-state index in [1.54, 1.807) is 0 Å². The van der Waals surface area contributed by atoms with Crippen LogP contribution in [0.1, 0.15) is 27.5 Å². The third-order valence-corrected chi connectivity index (χ3v) is 3.88. The molecule has 0 aliphatic carbocycles. The van der Waals surface area contributed by atoms with Gasteiger partial charge in [0.15, 0.2) is 0 Å². The molecule has 1 saturated heterocycles. The normalized spacial score (nSPS) is 22.4. The van der Waals surface area contributed by atoms with E-state index in [9.17, 15) is 18.0 Å². The maximum absolute atomic E-state index is 13.0. The number of alkyl halides is 3. The van der Waals surface area contributed by atoms with Gasteiger partial charge in [0, 0.05) is 30.2 Å². The van der Waals surface area contributed by atoms with Gasteiger partial charge in [0.05, 0.1) is 17.2 Å². The predicted octanol–water partition coefficient (Wildman–Crippen LogP) is 2.46. The molecule has 1 amide bonds. The number of hydrogen-bond acceptors (Lipinski definition) is 2. The number of rotatable bonds is 0. The highest BCUT2D eigenvalue weighted by atomic mass is 35.5. The Balaban J connectivity index is 2.23. The van der Waals surface area contributed by atoms with Gasteiger partial charge in [0.25, 0.3) is 5.91 Å². The second-order valence-electron chi connectivity index (χ2n) is 4.60. The van der Waals surface area contributed by atoms with Gasteiger partial charge >= 0.3 is 6.18 Å². The summed E-state index contributed by atoms with van der Waals surface area (Å²) in [6.45, 7) is 1.40. The Labute approximate surface area is 112 Å². The van der Waals surface area contributed by atoms with E-state index in [0.29, 0.717) is 25.2 Å². The number of carbonyl (C=O) groups excluding carboxylic acids is 1. The van der Waals surface area contributed by atoms with E-state index in [0.717, 1.165) is 6.07 Å². The van der Waals surface area contributed by atoms with Gasteiger partial charge in [-0.2, -0.15) is 13.2 Å². The van der Waals surface area contributed by atoms with E-state index in [1.165, 1.54) is 11.0 Å². The van der Waals surface area contributed by atoms with Crippen LogP contribution in [0, 0.1) is 0 Å². The van der Waals surface area contributed by atoms with E-state index in [4.69, 9.17) is 11.6 Å². The lowest BCUT2D eigenvalue weighted by molar-refractivity contribution is -0.137. The second kappa shape index (κ2) is 4.11. The highest BCUT2D eigenvalue weighted by molar-refractivity contribution is 6.32. The Bertz CT molecular complexity index is 559. The second-order valence-corrected chi connectivity index (χ2v) is 5.01. The SMILES string of the molecule is O=C1c2c(C(F)(F)F)ccc(Cl)c2[C@@H]2CNCCN12. The highest BCUT2D eigenvalue weighted by Gasteiger charge is 2.46. The Morgan fingerprint density at radius 1 is 1.37 bits per heavy atom. The predicted molar refractivity (Wildman–Crippen MR) is 63.1 cm³/mol. The number of carbonyl (C=O) groups is 1. The molecule has 1 atom stereocenters. The summed E-state index contributed by atoms with van der Waals surface area (Å²) in [5.74, 6) is -0.573. The standard InChI is InChI=1S/C12H10ClF3N2O/c13-7-2-1-6(12(14,15)16)9-10(7)8-5-17-3-4-18(8)11(9)19/h1-2,8,17H,3-5H2/t8-/m0/s1. The zero-order chi connectivity index (χ0) is 13.8. The smallest absolute Gasteiger partial charge is 0.329 e. The summed E-state index contributed by atoms with van der Waals surface area (Å²) in [5.41, 5.74) is -0.881. The van der Waals surface area contributed by atoms with E-state index < -0.39 is 23.7 Å². The molecule has 2 heterocycles. The van der Waals surface area contributed by atoms with Crippen LogP contribution in [0.15, 0.2) is 12.1 Å². The average Bonchev–Trinajstić information content (AvgIpc) is 2.64. The lowest BCUT2D eigenvalue weighted by Gasteiger charge is -2.30. The fraction of sp³-hybridized carbons (Fsp3) is 0.417. The summed E-state index contributed by atoms with van der Waals surface area (Å²) in [7, 11) is 0. The van der Waals surface area contributed by atoms with Crippen molar-refractivity contribution in [1.29, 1.82) is 0 Å². The molecule has 19 heavy (non-hydrogen) atoms. The summed E-state index contributed by atoms with van der Waals surface area (Å²) in [5, 5.41) is 3.28. The third kappa shape index (κ3) is 1.81. The molecule has 2 aliphatic heterocycles. The molecule has 1 aromatic carbocycles. The minimum atomic E-state index is -4.55. The number of halogens is 4. The van der Waals surface area contributed by atoms with Crippen molar-refractivity contribution >= 4 is 17.5 Å². The van der Waals surface area contributed by atoms with Crippen LogP contribution in [0.5, 0.6) is 0 Å². The zero-order valence-corrected chi connectivity index (χ0v) is 10.5. The maximum atomic E-state index is 13.0. The van der Waals surface area contributed by atoms with Crippen LogP contribution in [0.2, 0.25) is 5.02 Å². The minimum absolute atomic E-state index is 0.215. The summed E-state index contributed by atoms with van der Waals surface area (Å²) < 4.78 is 39.0. The molecule has 0 bridgehead atoms. The van der Waals surface area contributed by atoms with Gasteiger partial charge in [-0.25, -0.2) is 0 Å². The van der Waals surface area contributed by atoms with Crippen LogP contribution in [0.4, 0.5) is 13.2 Å². The van der Waals surface area contributed by atoms with E-state index in [1.807, 2.05) is 0 Å². The first-order chi connectivity index (χ1) is 8.91. The monoisotopic (exact) mass is 290 g/mol. The van der Waals surface area contributed by atoms with Crippen molar-refractivity contribution in [2.75, 3.05) is 19.6 Å². The Hall–Kier alpha value is -1.27. The Morgan fingerprint density at radius 2 is 2.11 bits per heavy atom. The van der Waals surface area contributed by atoms with Crippen LogP contribution in [-0.2, 0) is 6.18 Å². The zero-order valence-electron chi connectivity index (χ0n) is 9.72. The van der Waals surface area contributed by atoms with E-state index >= 15 is 0 Å². The summed E-state index contributed by atoms with van der Waals surface area (Å²) in [6, 6.07) is 1.70. The molecule has 2 aliphatic rings.